The molecule has 1 aromatic rings. The van der Waals surface area contributed by atoms with E-state index in [1.54, 1.807) is 6.92 Å². The van der Waals surface area contributed by atoms with Crippen molar-refractivity contribution in [2.24, 2.45) is 5.41 Å². The van der Waals surface area contributed by atoms with Crippen LogP contribution in [0.25, 0.3) is 0 Å². The maximum atomic E-state index is 11.7. The fourth-order valence-electron chi connectivity index (χ4n) is 2.83. The highest BCUT2D eigenvalue weighted by atomic mass is 16.2. The molecule has 98 valence electrons. The molecule has 2 rings (SSSR count). The Hall–Kier alpha value is -1.31. The summed E-state index contributed by atoms with van der Waals surface area (Å²) in [5, 5.41) is 0. The van der Waals surface area contributed by atoms with E-state index >= 15 is 0 Å². The first-order chi connectivity index (χ1) is 8.44. The molecule has 1 saturated carbocycles. The molecule has 0 saturated heterocycles. The maximum Gasteiger partial charge on any atom is 0.219 e. The summed E-state index contributed by atoms with van der Waals surface area (Å²) in [5.74, 6) is 0.796. The number of carbonyl (C=O) groups excluding carboxylic acids is 1. The Balaban J connectivity index is 2.05. The van der Waals surface area contributed by atoms with Crippen LogP contribution in [0.4, 0.5) is 0 Å². The number of hydrogen-bond donors (Lipinski definition) is 0. The Morgan fingerprint density at radius 3 is 2.50 bits per heavy atom. The predicted octanol–water partition coefficient (Wildman–Crippen LogP) is 3.44. The second-order valence-electron chi connectivity index (χ2n) is 6.06. The van der Waals surface area contributed by atoms with E-state index < -0.39 is 0 Å². The van der Waals surface area contributed by atoms with E-state index in [0.29, 0.717) is 5.92 Å². The zero-order valence-corrected chi connectivity index (χ0v) is 11.8. The van der Waals surface area contributed by atoms with Gasteiger partial charge in [0.2, 0.25) is 5.91 Å². The van der Waals surface area contributed by atoms with Crippen molar-refractivity contribution in [3.8, 4) is 0 Å². The molecule has 2 nitrogen and oxygen atoms in total. The van der Waals surface area contributed by atoms with E-state index in [2.05, 4.69) is 51.1 Å². The summed E-state index contributed by atoms with van der Waals surface area (Å²) in [4.78, 5) is 13.6. The van der Waals surface area contributed by atoms with Crippen LogP contribution >= 0.6 is 0 Å². The molecule has 2 heteroatoms. The van der Waals surface area contributed by atoms with Crippen molar-refractivity contribution in [3.05, 3.63) is 35.9 Å². The Labute approximate surface area is 110 Å². The molecule has 18 heavy (non-hydrogen) atoms. The number of nitrogens with zero attached hydrogens (tertiary/aromatic N) is 1. The Morgan fingerprint density at radius 2 is 2.00 bits per heavy atom. The molecule has 1 aromatic carbocycles. The minimum absolute atomic E-state index is 0.185. The van der Waals surface area contributed by atoms with Gasteiger partial charge in [0.1, 0.15) is 0 Å². The van der Waals surface area contributed by atoms with Crippen molar-refractivity contribution in [1.29, 1.82) is 0 Å². The second-order valence-corrected chi connectivity index (χ2v) is 6.06. The molecule has 1 amide bonds. The summed E-state index contributed by atoms with van der Waals surface area (Å²) in [6, 6.07) is 10.9. The van der Waals surface area contributed by atoms with Crippen LogP contribution in [0.15, 0.2) is 30.3 Å². The molecule has 0 aliphatic heterocycles. The predicted molar refractivity (Wildman–Crippen MR) is 74.4 cm³/mol. The molecular formula is C16H23NO. The lowest BCUT2D eigenvalue weighted by Gasteiger charge is -2.29. The lowest BCUT2D eigenvalue weighted by molar-refractivity contribution is -0.131. The molecule has 2 unspecified atom stereocenters. The lowest BCUT2D eigenvalue weighted by atomic mass is 10.00. The SMILES string of the molecule is CC(=O)N(CC1(C)CC1c1ccccc1)C(C)C. The molecule has 0 bridgehead atoms. The first-order valence-electron chi connectivity index (χ1n) is 6.76. The zero-order valence-electron chi connectivity index (χ0n) is 11.8. The van der Waals surface area contributed by atoms with Gasteiger partial charge in [-0.05, 0) is 37.2 Å². The van der Waals surface area contributed by atoms with Crippen LogP contribution in [0.1, 0.15) is 45.6 Å². The molecule has 1 fully saturated rings. The highest BCUT2D eigenvalue weighted by molar-refractivity contribution is 5.73. The summed E-state index contributed by atoms with van der Waals surface area (Å²) in [5.41, 5.74) is 1.67. The van der Waals surface area contributed by atoms with Crippen LogP contribution in [0.2, 0.25) is 0 Å². The van der Waals surface area contributed by atoms with Crippen molar-refractivity contribution >= 4 is 5.91 Å². The molecule has 0 N–H and O–H groups in total. The van der Waals surface area contributed by atoms with Gasteiger partial charge in [-0.3, -0.25) is 4.79 Å². The third-order valence-corrected chi connectivity index (χ3v) is 4.11. The van der Waals surface area contributed by atoms with Crippen molar-refractivity contribution in [3.63, 3.8) is 0 Å². The first kappa shape index (κ1) is 13.1. The lowest BCUT2D eigenvalue weighted by Crippen LogP contribution is -2.39. The van der Waals surface area contributed by atoms with Gasteiger partial charge in [0.05, 0.1) is 0 Å². The highest BCUT2D eigenvalue weighted by Gasteiger charge is 2.51. The van der Waals surface area contributed by atoms with E-state index in [9.17, 15) is 4.79 Å². The number of amides is 1. The second kappa shape index (κ2) is 4.75. The van der Waals surface area contributed by atoms with Gasteiger partial charge in [0.15, 0.2) is 0 Å². The molecule has 0 aromatic heterocycles. The summed E-state index contributed by atoms with van der Waals surface area (Å²) in [6.45, 7) is 9.02. The van der Waals surface area contributed by atoms with Crippen molar-refractivity contribution < 1.29 is 4.79 Å². The van der Waals surface area contributed by atoms with Crippen molar-refractivity contribution in [2.45, 2.75) is 46.1 Å². The van der Waals surface area contributed by atoms with Gasteiger partial charge < -0.3 is 4.90 Å². The summed E-state index contributed by atoms with van der Waals surface area (Å²) in [7, 11) is 0. The molecule has 0 heterocycles. The van der Waals surface area contributed by atoms with E-state index in [1.165, 1.54) is 12.0 Å². The zero-order chi connectivity index (χ0) is 13.3. The van der Waals surface area contributed by atoms with Crippen LogP contribution < -0.4 is 0 Å². The van der Waals surface area contributed by atoms with Gasteiger partial charge in [-0.2, -0.15) is 0 Å². The fraction of sp³-hybridized carbons (Fsp3) is 0.562. The van der Waals surface area contributed by atoms with Gasteiger partial charge in [-0.15, -0.1) is 0 Å². The van der Waals surface area contributed by atoms with E-state index in [-0.39, 0.29) is 17.4 Å². The third kappa shape index (κ3) is 2.58. The highest BCUT2D eigenvalue weighted by Crippen LogP contribution is 2.59. The topological polar surface area (TPSA) is 20.3 Å². The monoisotopic (exact) mass is 245 g/mol. The third-order valence-electron chi connectivity index (χ3n) is 4.11. The van der Waals surface area contributed by atoms with Crippen LogP contribution in [-0.4, -0.2) is 23.4 Å². The summed E-state index contributed by atoms with van der Waals surface area (Å²) < 4.78 is 0. The average molecular weight is 245 g/mol. The smallest absolute Gasteiger partial charge is 0.219 e. The largest absolute Gasteiger partial charge is 0.340 e. The number of rotatable bonds is 4. The molecule has 0 spiro atoms. The molecule has 1 aliphatic carbocycles. The maximum absolute atomic E-state index is 11.7. The Kier molecular flexibility index (Phi) is 3.47. The van der Waals surface area contributed by atoms with Crippen molar-refractivity contribution in [1.82, 2.24) is 4.90 Å². The molecule has 0 radical (unpaired) electrons. The number of benzene rings is 1. The fourth-order valence-corrected chi connectivity index (χ4v) is 2.83. The standard InChI is InChI=1S/C16H23NO/c1-12(2)17(13(3)18)11-16(4)10-15(16)14-8-6-5-7-9-14/h5-9,12,15H,10-11H2,1-4H3. The normalized spacial score (nSPS) is 26.2. The van der Waals surface area contributed by atoms with Gasteiger partial charge in [-0.1, -0.05) is 37.3 Å². The minimum atomic E-state index is 0.185. The van der Waals surface area contributed by atoms with Gasteiger partial charge >= 0.3 is 0 Å². The quantitative estimate of drug-likeness (QED) is 0.795. The first-order valence-corrected chi connectivity index (χ1v) is 6.76. The average Bonchev–Trinajstić information content (AvgIpc) is 2.99. The van der Waals surface area contributed by atoms with Crippen LogP contribution in [-0.2, 0) is 4.79 Å². The molecule has 1 aliphatic rings. The minimum Gasteiger partial charge on any atom is -0.340 e. The summed E-state index contributed by atoms with van der Waals surface area (Å²) in [6.07, 6.45) is 1.19. The van der Waals surface area contributed by atoms with Crippen LogP contribution in [0.5, 0.6) is 0 Å². The van der Waals surface area contributed by atoms with E-state index in [1.807, 2.05) is 4.90 Å². The Morgan fingerprint density at radius 1 is 1.39 bits per heavy atom. The summed E-state index contributed by atoms with van der Waals surface area (Å²) >= 11 is 0. The van der Waals surface area contributed by atoms with Gasteiger partial charge in [0.25, 0.3) is 0 Å². The van der Waals surface area contributed by atoms with Crippen LogP contribution in [0, 0.1) is 5.41 Å². The van der Waals surface area contributed by atoms with Crippen LogP contribution in [0.3, 0.4) is 0 Å². The number of hydrogen-bond acceptors (Lipinski definition) is 1. The van der Waals surface area contributed by atoms with E-state index in [0.717, 1.165) is 6.54 Å². The van der Waals surface area contributed by atoms with Gasteiger partial charge in [-0.25, -0.2) is 0 Å². The Bertz CT molecular complexity index is 426. The molecule has 2 atom stereocenters. The van der Waals surface area contributed by atoms with Crippen molar-refractivity contribution in [2.75, 3.05) is 6.54 Å². The molecular weight excluding hydrogens is 222 g/mol. The number of carbonyl (C=O) groups is 1. The van der Waals surface area contributed by atoms with E-state index in [4.69, 9.17) is 0 Å². The van der Waals surface area contributed by atoms with Gasteiger partial charge in [0, 0.05) is 19.5 Å².